The molecule has 23 heavy (non-hydrogen) atoms. The Labute approximate surface area is 141 Å². The Balaban J connectivity index is 1.96. The molecule has 5 nitrogen and oxygen atoms in total. The summed E-state index contributed by atoms with van der Waals surface area (Å²) >= 11 is 2.91. The highest BCUT2D eigenvalue weighted by atomic mass is 32.1. The van der Waals surface area contributed by atoms with E-state index in [1.54, 1.807) is 29.0 Å². The summed E-state index contributed by atoms with van der Waals surface area (Å²) in [7, 11) is 1.80. The summed E-state index contributed by atoms with van der Waals surface area (Å²) in [6, 6.07) is 3.88. The third kappa shape index (κ3) is 2.96. The van der Waals surface area contributed by atoms with Crippen LogP contribution in [0.2, 0.25) is 0 Å². The first-order valence-corrected chi connectivity index (χ1v) is 8.70. The van der Waals surface area contributed by atoms with Crippen LogP contribution in [0.5, 0.6) is 0 Å². The topological polar surface area (TPSA) is 71.6 Å². The predicted molar refractivity (Wildman–Crippen MR) is 90.8 cm³/mol. The molecular formula is C16H14N4OS2. The van der Waals surface area contributed by atoms with Crippen LogP contribution in [-0.2, 0) is 7.05 Å². The maximum atomic E-state index is 12.8. The average Bonchev–Trinajstić information content (AvgIpc) is 3.20. The molecule has 0 saturated heterocycles. The zero-order valence-electron chi connectivity index (χ0n) is 12.9. The Hall–Kier alpha value is -2.30. The van der Waals surface area contributed by atoms with Gasteiger partial charge in [-0.2, -0.15) is 5.26 Å². The Morgan fingerprint density at radius 2 is 2.09 bits per heavy atom. The monoisotopic (exact) mass is 342 g/mol. The maximum Gasteiger partial charge on any atom is 0.203 e. The van der Waals surface area contributed by atoms with E-state index in [0.717, 1.165) is 22.0 Å². The fourth-order valence-corrected chi connectivity index (χ4v) is 3.78. The number of hydrogen-bond donors (Lipinski definition) is 0. The molecule has 3 rings (SSSR count). The fraction of sp³-hybridized carbons (Fsp3) is 0.250. The normalized spacial score (nSPS) is 12.1. The number of nitriles is 1. The second kappa shape index (κ2) is 6.07. The number of aryl methyl sites for hydroxylation is 3. The molecule has 0 aliphatic rings. The number of carbonyl (C=O) groups excluding carboxylic acids is 1. The molecule has 3 aromatic rings. The van der Waals surface area contributed by atoms with Gasteiger partial charge in [0.05, 0.1) is 22.5 Å². The van der Waals surface area contributed by atoms with Crippen molar-refractivity contribution in [3.8, 4) is 17.3 Å². The number of ketones is 1. The zero-order valence-corrected chi connectivity index (χ0v) is 14.5. The van der Waals surface area contributed by atoms with Crippen molar-refractivity contribution in [2.75, 3.05) is 0 Å². The van der Waals surface area contributed by atoms with Gasteiger partial charge in [0.1, 0.15) is 5.01 Å². The molecule has 0 unspecified atom stereocenters. The summed E-state index contributed by atoms with van der Waals surface area (Å²) in [6.45, 7) is 3.80. The summed E-state index contributed by atoms with van der Waals surface area (Å²) in [5.41, 5.74) is 3.04. The molecule has 0 fully saturated rings. The van der Waals surface area contributed by atoms with Crippen LogP contribution in [0.25, 0.3) is 11.3 Å². The first kappa shape index (κ1) is 15.6. The molecule has 0 radical (unpaired) electrons. The number of thiazole rings is 2. The standard InChI is InChI=1S/C16H14N4OS2/c1-9-7-23-16(18-9)12(5-17)15(21)14-4-11(6-20(14)3)13-8-22-10(2)19-13/h4,6-8,12H,1-3H3/t12-/m0/s1. The van der Waals surface area contributed by atoms with E-state index in [2.05, 4.69) is 16.0 Å². The molecule has 3 aromatic heterocycles. The van der Waals surface area contributed by atoms with Crippen LogP contribution in [-0.4, -0.2) is 20.3 Å². The third-order valence-corrected chi connectivity index (χ3v) is 5.25. The smallest absolute Gasteiger partial charge is 0.203 e. The summed E-state index contributed by atoms with van der Waals surface area (Å²) in [6.07, 6.45) is 1.86. The van der Waals surface area contributed by atoms with Crippen molar-refractivity contribution in [1.82, 2.24) is 14.5 Å². The van der Waals surface area contributed by atoms with Crippen molar-refractivity contribution in [2.24, 2.45) is 7.05 Å². The van der Waals surface area contributed by atoms with Crippen molar-refractivity contribution in [1.29, 1.82) is 5.26 Å². The Morgan fingerprint density at radius 1 is 1.30 bits per heavy atom. The van der Waals surface area contributed by atoms with E-state index in [1.807, 2.05) is 30.8 Å². The van der Waals surface area contributed by atoms with Crippen molar-refractivity contribution >= 4 is 28.5 Å². The number of aromatic nitrogens is 3. The molecule has 7 heteroatoms. The average molecular weight is 342 g/mol. The molecule has 0 spiro atoms. The van der Waals surface area contributed by atoms with Crippen LogP contribution < -0.4 is 0 Å². The van der Waals surface area contributed by atoms with Crippen LogP contribution in [0.3, 0.4) is 0 Å². The van der Waals surface area contributed by atoms with Crippen molar-refractivity contribution in [2.45, 2.75) is 19.8 Å². The second-order valence-corrected chi connectivity index (χ2v) is 7.18. The second-order valence-electron chi connectivity index (χ2n) is 5.23. The van der Waals surface area contributed by atoms with E-state index in [4.69, 9.17) is 0 Å². The quantitative estimate of drug-likeness (QED) is 0.678. The van der Waals surface area contributed by atoms with Crippen molar-refractivity contribution < 1.29 is 4.79 Å². The first-order valence-electron chi connectivity index (χ1n) is 6.94. The van der Waals surface area contributed by atoms with E-state index >= 15 is 0 Å². The molecular weight excluding hydrogens is 328 g/mol. The number of hydrogen-bond acceptors (Lipinski definition) is 6. The van der Waals surface area contributed by atoms with Crippen LogP contribution >= 0.6 is 22.7 Å². The van der Waals surface area contributed by atoms with Gasteiger partial charge in [0, 0.05) is 35.3 Å². The van der Waals surface area contributed by atoms with Gasteiger partial charge >= 0.3 is 0 Å². The fourth-order valence-electron chi connectivity index (χ4n) is 2.32. The molecule has 0 amide bonds. The Morgan fingerprint density at radius 3 is 2.65 bits per heavy atom. The Bertz CT molecular complexity index is 913. The Kier molecular flexibility index (Phi) is 4.11. The molecule has 0 aromatic carbocycles. The van der Waals surface area contributed by atoms with E-state index in [0.29, 0.717) is 10.7 Å². The minimum atomic E-state index is -0.868. The lowest BCUT2D eigenvalue weighted by Gasteiger charge is -2.05. The summed E-state index contributed by atoms with van der Waals surface area (Å²) < 4.78 is 1.75. The van der Waals surface area contributed by atoms with Crippen LogP contribution in [0.4, 0.5) is 0 Å². The van der Waals surface area contributed by atoms with Gasteiger partial charge in [-0.25, -0.2) is 9.97 Å². The van der Waals surface area contributed by atoms with E-state index in [1.165, 1.54) is 11.3 Å². The van der Waals surface area contributed by atoms with Crippen LogP contribution in [0, 0.1) is 25.2 Å². The largest absolute Gasteiger partial charge is 0.347 e. The van der Waals surface area contributed by atoms with Crippen molar-refractivity contribution in [3.63, 3.8) is 0 Å². The highest BCUT2D eigenvalue weighted by Crippen LogP contribution is 2.28. The highest BCUT2D eigenvalue weighted by Gasteiger charge is 2.27. The summed E-state index contributed by atoms with van der Waals surface area (Å²) in [5.74, 6) is -1.10. The van der Waals surface area contributed by atoms with Gasteiger partial charge in [0.25, 0.3) is 0 Å². The predicted octanol–water partition coefficient (Wildman–Crippen LogP) is 3.71. The number of nitrogens with zero attached hydrogens (tertiary/aromatic N) is 4. The number of Topliss-reactive ketones (excluding diaryl/α,β-unsaturated/α-hetero) is 1. The van der Waals surface area contributed by atoms with Crippen LogP contribution in [0.15, 0.2) is 23.0 Å². The molecule has 1 atom stereocenters. The molecule has 0 saturated carbocycles. The summed E-state index contributed by atoms with van der Waals surface area (Å²) in [5, 5.41) is 14.7. The first-order chi connectivity index (χ1) is 11.0. The van der Waals surface area contributed by atoms with Gasteiger partial charge in [-0.3, -0.25) is 4.79 Å². The van der Waals surface area contributed by atoms with Gasteiger partial charge in [-0.05, 0) is 19.9 Å². The lowest BCUT2D eigenvalue weighted by Crippen LogP contribution is -2.14. The van der Waals surface area contributed by atoms with Gasteiger partial charge < -0.3 is 4.57 Å². The minimum Gasteiger partial charge on any atom is -0.347 e. The lowest BCUT2D eigenvalue weighted by molar-refractivity contribution is 0.0971. The van der Waals surface area contributed by atoms with Crippen LogP contribution in [0.1, 0.15) is 32.1 Å². The van der Waals surface area contributed by atoms with E-state index in [9.17, 15) is 10.1 Å². The molecule has 0 aliphatic heterocycles. The summed E-state index contributed by atoms with van der Waals surface area (Å²) in [4.78, 5) is 21.5. The highest BCUT2D eigenvalue weighted by molar-refractivity contribution is 7.10. The molecule has 0 bridgehead atoms. The van der Waals surface area contributed by atoms with E-state index < -0.39 is 5.92 Å². The molecule has 116 valence electrons. The van der Waals surface area contributed by atoms with Gasteiger partial charge in [0.2, 0.25) is 5.78 Å². The third-order valence-electron chi connectivity index (χ3n) is 3.45. The SMILES string of the molecule is Cc1csc([C@@H](C#N)C(=O)c2cc(-c3csc(C)n3)cn2C)n1. The zero-order chi connectivity index (χ0) is 16.6. The van der Waals surface area contributed by atoms with Crippen molar-refractivity contribution in [3.05, 3.63) is 44.4 Å². The molecule has 0 N–H and O–H groups in total. The lowest BCUT2D eigenvalue weighted by atomic mass is 10.0. The number of rotatable bonds is 4. The molecule has 0 aliphatic carbocycles. The van der Waals surface area contributed by atoms with Gasteiger partial charge in [0.15, 0.2) is 5.92 Å². The van der Waals surface area contributed by atoms with Gasteiger partial charge in [-0.15, -0.1) is 22.7 Å². The maximum absolute atomic E-state index is 12.8. The minimum absolute atomic E-state index is 0.234. The van der Waals surface area contributed by atoms with Gasteiger partial charge in [-0.1, -0.05) is 0 Å². The number of carbonyl (C=O) groups is 1. The van der Waals surface area contributed by atoms with E-state index in [-0.39, 0.29) is 5.78 Å². The molecule has 3 heterocycles.